The van der Waals surface area contributed by atoms with E-state index in [1.54, 1.807) is 0 Å². The van der Waals surface area contributed by atoms with E-state index >= 15 is 0 Å². The SMILES string of the molecule is CNC(CO)CN1CCC2(CCCC2)CC1. The van der Waals surface area contributed by atoms with Crippen molar-refractivity contribution in [2.75, 3.05) is 33.3 Å². The molecule has 0 radical (unpaired) electrons. The number of aliphatic hydroxyl groups is 1. The molecule has 1 aliphatic heterocycles. The zero-order valence-corrected chi connectivity index (χ0v) is 10.5. The predicted molar refractivity (Wildman–Crippen MR) is 66.5 cm³/mol. The van der Waals surface area contributed by atoms with Gasteiger partial charge >= 0.3 is 0 Å². The Hall–Kier alpha value is -0.120. The number of aliphatic hydroxyl groups excluding tert-OH is 1. The molecule has 0 aromatic heterocycles. The molecule has 1 saturated carbocycles. The Balaban J connectivity index is 1.76. The fraction of sp³-hybridized carbons (Fsp3) is 1.00. The number of hydrogen-bond acceptors (Lipinski definition) is 3. The maximum Gasteiger partial charge on any atom is 0.0597 e. The molecule has 1 spiro atoms. The minimum Gasteiger partial charge on any atom is -0.395 e. The van der Waals surface area contributed by atoms with Crippen molar-refractivity contribution in [2.24, 2.45) is 5.41 Å². The van der Waals surface area contributed by atoms with Gasteiger partial charge in [-0.15, -0.1) is 0 Å². The van der Waals surface area contributed by atoms with Crippen LogP contribution < -0.4 is 5.32 Å². The summed E-state index contributed by atoms with van der Waals surface area (Å²) in [6.45, 7) is 3.72. The first kappa shape index (κ1) is 12.3. The van der Waals surface area contributed by atoms with Crippen molar-refractivity contribution in [3.63, 3.8) is 0 Å². The highest BCUT2D eigenvalue weighted by Crippen LogP contribution is 2.45. The van der Waals surface area contributed by atoms with Gasteiger partial charge in [0.05, 0.1) is 6.61 Å². The largest absolute Gasteiger partial charge is 0.395 e. The fourth-order valence-corrected chi connectivity index (χ4v) is 3.39. The summed E-state index contributed by atoms with van der Waals surface area (Å²) in [5, 5.41) is 12.3. The molecule has 1 aliphatic carbocycles. The van der Waals surface area contributed by atoms with E-state index in [1.165, 1.54) is 51.6 Å². The minimum atomic E-state index is 0.248. The van der Waals surface area contributed by atoms with Crippen molar-refractivity contribution in [1.29, 1.82) is 0 Å². The van der Waals surface area contributed by atoms with Crippen molar-refractivity contribution >= 4 is 0 Å². The van der Waals surface area contributed by atoms with Crippen LogP contribution in [0.3, 0.4) is 0 Å². The Bertz CT molecular complexity index is 200. The lowest BCUT2D eigenvalue weighted by atomic mass is 9.77. The van der Waals surface area contributed by atoms with Crippen LogP contribution in [0, 0.1) is 5.41 Å². The van der Waals surface area contributed by atoms with Crippen molar-refractivity contribution in [2.45, 2.75) is 44.6 Å². The Morgan fingerprint density at radius 2 is 1.81 bits per heavy atom. The lowest BCUT2D eigenvalue weighted by molar-refractivity contribution is 0.0922. The van der Waals surface area contributed by atoms with Crippen molar-refractivity contribution in [3.05, 3.63) is 0 Å². The molecule has 2 aliphatic rings. The van der Waals surface area contributed by atoms with Gasteiger partial charge in [0.1, 0.15) is 0 Å². The van der Waals surface area contributed by atoms with Crippen LogP contribution in [0.1, 0.15) is 38.5 Å². The highest BCUT2D eigenvalue weighted by molar-refractivity contribution is 4.90. The van der Waals surface area contributed by atoms with Crippen LogP contribution in [-0.4, -0.2) is 49.3 Å². The molecular weight excluding hydrogens is 200 g/mol. The lowest BCUT2D eigenvalue weighted by Gasteiger charge is -2.40. The van der Waals surface area contributed by atoms with E-state index in [2.05, 4.69) is 10.2 Å². The fourth-order valence-electron chi connectivity index (χ4n) is 3.39. The van der Waals surface area contributed by atoms with Gasteiger partial charge in [-0.3, -0.25) is 0 Å². The molecule has 2 N–H and O–H groups in total. The summed E-state index contributed by atoms with van der Waals surface area (Å²) in [4.78, 5) is 2.51. The van der Waals surface area contributed by atoms with Gasteiger partial charge in [-0.1, -0.05) is 12.8 Å². The van der Waals surface area contributed by atoms with Crippen LogP contribution in [0.2, 0.25) is 0 Å². The first-order valence-corrected chi connectivity index (χ1v) is 6.78. The van der Waals surface area contributed by atoms with E-state index in [9.17, 15) is 5.11 Å². The highest BCUT2D eigenvalue weighted by Gasteiger charge is 2.36. The highest BCUT2D eigenvalue weighted by atomic mass is 16.3. The Labute approximate surface area is 99.2 Å². The van der Waals surface area contributed by atoms with E-state index in [-0.39, 0.29) is 12.6 Å². The average Bonchev–Trinajstić information content (AvgIpc) is 2.77. The smallest absolute Gasteiger partial charge is 0.0597 e. The number of likely N-dealkylation sites (N-methyl/N-ethyl adjacent to an activating group) is 1. The third kappa shape index (κ3) is 2.76. The molecule has 2 rings (SSSR count). The summed E-state index contributed by atoms with van der Waals surface area (Å²) in [5.74, 6) is 0. The van der Waals surface area contributed by atoms with Gasteiger partial charge in [0, 0.05) is 12.6 Å². The Kier molecular flexibility index (Phi) is 4.22. The third-order valence-corrected chi connectivity index (χ3v) is 4.69. The molecule has 0 aromatic rings. The molecule has 1 saturated heterocycles. The molecule has 1 heterocycles. The van der Waals surface area contributed by atoms with E-state index < -0.39 is 0 Å². The molecular formula is C13H26N2O. The normalized spacial score (nSPS) is 27.4. The van der Waals surface area contributed by atoms with Crippen molar-refractivity contribution in [3.8, 4) is 0 Å². The van der Waals surface area contributed by atoms with E-state index in [0.29, 0.717) is 5.41 Å². The maximum absolute atomic E-state index is 9.17. The number of hydrogen-bond donors (Lipinski definition) is 2. The standard InChI is InChI=1S/C13H26N2O/c1-14-12(11-16)10-15-8-6-13(7-9-15)4-2-3-5-13/h12,14,16H,2-11H2,1H3. The molecule has 3 heteroatoms. The summed E-state index contributed by atoms with van der Waals surface area (Å²) in [5.41, 5.74) is 0.713. The number of nitrogens with one attached hydrogen (secondary N) is 1. The molecule has 16 heavy (non-hydrogen) atoms. The molecule has 2 fully saturated rings. The van der Waals surface area contributed by atoms with Gasteiger partial charge in [0.2, 0.25) is 0 Å². The number of nitrogens with zero attached hydrogens (tertiary/aromatic N) is 1. The van der Waals surface area contributed by atoms with Gasteiger partial charge in [-0.2, -0.15) is 0 Å². The molecule has 94 valence electrons. The van der Waals surface area contributed by atoms with Crippen LogP contribution in [0.25, 0.3) is 0 Å². The number of piperidine rings is 1. The van der Waals surface area contributed by atoms with Crippen molar-refractivity contribution in [1.82, 2.24) is 10.2 Å². The number of rotatable bonds is 4. The third-order valence-electron chi connectivity index (χ3n) is 4.69. The molecule has 0 aromatic carbocycles. The van der Waals surface area contributed by atoms with Crippen LogP contribution in [0.4, 0.5) is 0 Å². The zero-order chi connectivity index (χ0) is 11.4. The zero-order valence-electron chi connectivity index (χ0n) is 10.5. The molecule has 1 unspecified atom stereocenters. The molecule has 0 amide bonds. The van der Waals surface area contributed by atoms with Crippen LogP contribution in [0.5, 0.6) is 0 Å². The maximum atomic E-state index is 9.17. The summed E-state index contributed by atoms with van der Waals surface area (Å²) in [6.07, 6.45) is 8.61. The number of likely N-dealkylation sites (tertiary alicyclic amines) is 1. The summed E-state index contributed by atoms with van der Waals surface area (Å²) in [6, 6.07) is 0.248. The molecule has 0 bridgehead atoms. The predicted octanol–water partition coefficient (Wildman–Crippen LogP) is 1.22. The van der Waals surface area contributed by atoms with Crippen LogP contribution in [-0.2, 0) is 0 Å². The monoisotopic (exact) mass is 226 g/mol. The van der Waals surface area contributed by atoms with Crippen molar-refractivity contribution < 1.29 is 5.11 Å². The second-order valence-electron chi connectivity index (χ2n) is 5.68. The summed E-state index contributed by atoms with van der Waals surface area (Å²) < 4.78 is 0. The summed E-state index contributed by atoms with van der Waals surface area (Å²) in [7, 11) is 1.93. The van der Waals surface area contributed by atoms with E-state index in [4.69, 9.17) is 0 Å². The minimum absolute atomic E-state index is 0.248. The quantitative estimate of drug-likeness (QED) is 0.756. The second-order valence-corrected chi connectivity index (χ2v) is 5.68. The first-order valence-electron chi connectivity index (χ1n) is 6.78. The molecule has 1 atom stereocenters. The van der Waals surface area contributed by atoms with Gasteiger partial charge < -0.3 is 15.3 Å². The van der Waals surface area contributed by atoms with Gasteiger partial charge in [0.15, 0.2) is 0 Å². The average molecular weight is 226 g/mol. The van der Waals surface area contributed by atoms with Crippen LogP contribution >= 0.6 is 0 Å². The van der Waals surface area contributed by atoms with Gasteiger partial charge in [0.25, 0.3) is 0 Å². The van der Waals surface area contributed by atoms with E-state index in [1.807, 2.05) is 7.05 Å². The van der Waals surface area contributed by atoms with Crippen LogP contribution in [0.15, 0.2) is 0 Å². The second kappa shape index (κ2) is 5.48. The summed E-state index contributed by atoms with van der Waals surface area (Å²) >= 11 is 0. The lowest BCUT2D eigenvalue weighted by Crippen LogP contribution is -2.46. The Morgan fingerprint density at radius 3 is 2.31 bits per heavy atom. The first-order chi connectivity index (χ1) is 7.78. The topological polar surface area (TPSA) is 35.5 Å². The van der Waals surface area contributed by atoms with Gasteiger partial charge in [-0.05, 0) is 51.2 Å². The Morgan fingerprint density at radius 1 is 1.19 bits per heavy atom. The van der Waals surface area contributed by atoms with E-state index in [0.717, 1.165) is 6.54 Å². The molecule has 3 nitrogen and oxygen atoms in total. The van der Waals surface area contributed by atoms with Gasteiger partial charge in [-0.25, -0.2) is 0 Å².